The molecule has 266 valence electrons. The zero-order chi connectivity index (χ0) is 33.2. The highest BCUT2D eigenvalue weighted by molar-refractivity contribution is 5.71. The smallest absolute Gasteiger partial charge is 0.306 e. The molecule has 0 heterocycles. The summed E-state index contributed by atoms with van der Waals surface area (Å²) >= 11 is 0. The second-order valence-electron chi connectivity index (χ2n) is 13.7. The Kier molecular flexibility index (Phi) is 32.6. The van der Waals surface area contributed by atoms with Crippen LogP contribution in [-0.4, -0.2) is 37.2 Å². The first kappa shape index (κ1) is 43.4. The number of unbranched alkanes of at least 4 members (excludes halogenated alkanes) is 21. The van der Waals surface area contributed by atoms with Crippen molar-refractivity contribution in [2.45, 2.75) is 214 Å². The molecule has 0 radical (unpaired) electrons. The fraction of sp³-hybridized carbons (Fsp3) is 0.923. The summed E-state index contributed by atoms with van der Waals surface area (Å²) < 4.78 is 16.5. The first-order valence-electron chi connectivity index (χ1n) is 19.4. The van der Waals surface area contributed by atoms with Crippen LogP contribution in [0.5, 0.6) is 0 Å². The van der Waals surface area contributed by atoms with Gasteiger partial charge in [0.2, 0.25) is 0 Å². The molecule has 0 unspecified atom stereocenters. The predicted molar refractivity (Wildman–Crippen MR) is 187 cm³/mol. The van der Waals surface area contributed by atoms with Crippen molar-refractivity contribution in [3.8, 4) is 0 Å². The lowest BCUT2D eigenvalue weighted by molar-refractivity contribution is -0.167. The van der Waals surface area contributed by atoms with Crippen molar-refractivity contribution in [1.29, 1.82) is 0 Å². The van der Waals surface area contributed by atoms with Crippen LogP contribution in [0.25, 0.3) is 0 Å². The van der Waals surface area contributed by atoms with Crippen LogP contribution in [0, 0.1) is 5.92 Å². The normalized spacial score (nSPS) is 11.9. The van der Waals surface area contributed by atoms with Crippen molar-refractivity contribution in [2.75, 3.05) is 13.2 Å². The molecule has 0 aromatic rings. The minimum Gasteiger partial charge on any atom is -0.462 e. The van der Waals surface area contributed by atoms with Gasteiger partial charge < -0.3 is 14.2 Å². The Balaban J connectivity index is 4.31. The molecule has 0 N–H and O–H groups in total. The fourth-order valence-electron chi connectivity index (χ4n) is 5.57. The van der Waals surface area contributed by atoms with E-state index in [9.17, 15) is 14.4 Å². The average molecular weight is 639 g/mol. The number of rotatable bonds is 34. The Hall–Kier alpha value is -1.59. The number of hydrogen-bond acceptors (Lipinski definition) is 6. The Morgan fingerprint density at radius 1 is 0.422 bits per heavy atom. The maximum atomic E-state index is 12.5. The molecule has 0 aliphatic carbocycles. The molecule has 0 spiro atoms. The monoisotopic (exact) mass is 639 g/mol. The van der Waals surface area contributed by atoms with E-state index in [1.165, 1.54) is 103 Å². The van der Waals surface area contributed by atoms with Crippen molar-refractivity contribution >= 4 is 17.9 Å². The van der Waals surface area contributed by atoms with Crippen LogP contribution in [0.1, 0.15) is 207 Å². The van der Waals surface area contributed by atoms with Crippen LogP contribution in [0.15, 0.2) is 0 Å². The molecular formula is C39H74O6. The van der Waals surface area contributed by atoms with E-state index >= 15 is 0 Å². The number of hydrogen-bond donors (Lipinski definition) is 0. The Bertz CT molecular complexity index is 676. The molecule has 0 saturated heterocycles. The van der Waals surface area contributed by atoms with Gasteiger partial charge in [-0.05, 0) is 25.2 Å². The van der Waals surface area contributed by atoms with Gasteiger partial charge in [-0.15, -0.1) is 0 Å². The summed E-state index contributed by atoms with van der Waals surface area (Å²) in [5, 5.41) is 0. The summed E-state index contributed by atoms with van der Waals surface area (Å²) in [6, 6.07) is 0. The minimum atomic E-state index is -0.756. The molecule has 0 aliphatic heterocycles. The van der Waals surface area contributed by atoms with Gasteiger partial charge in [0.05, 0.1) is 0 Å². The van der Waals surface area contributed by atoms with Crippen molar-refractivity contribution in [1.82, 2.24) is 0 Å². The third-order valence-electron chi connectivity index (χ3n) is 8.54. The summed E-state index contributed by atoms with van der Waals surface area (Å²) in [4.78, 5) is 37.3. The van der Waals surface area contributed by atoms with Crippen LogP contribution in [0.3, 0.4) is 0 Å². The van der Waals surface area contributed by atoms with E-state index < -0.39 is 6.10 Å². The number of carbonyl (C=O) groups excluding carboxylic acids is 3. The van der Waals surface area contributed by atoms with Crippen LogP contribution in [0.2, 0.25) is 0 Å². The van der Waals surface area contributed by atoms with Gasteiger partial charge >= 0.3 is 17.9 Å². The molecule has 45 heavy (non-hydrogen) atoms. The highest BCUT2D eigenvalue weighted by Crippen LogP contribution is 2.14. The molecule has 6 heteroatoms. The van der Waals surface area contributed by atoms with Crippen molar-refractivity contribution in [3.05, 3.63) is 0 Å². The highest BCUT2D eigenvalue weighted by Gasteiger charge is 2.19. The quantitative estimate of drug-likeness (QED) is 0.0396. The van der Waals surface area contributed by atoms with Crippen LogP contribution >= 0.6 is 0 Å². The average Bonchev–Trinajstić information content (AvgIpc) is 3.01. The van der Waals surface area contributed by atoms with Gasteiger partial charge in [0.1, 0.15) is 13.2 Å². The first-order chi connectivity index (χ1) is 21.9. The lowest BCUT2D eigenvalue weighted by Gasteiger charge is -2.18. The second kappa shape index (κ2) is 33.8. The lowest BCUT2D eigenvalue weighted by atomic mass is 10.0. The third-order valence-corrected chi connectivity index (χ3v) is 8.54. The van der Waals surface area contributed by atoms with E-state index in [1.807, 2.05) is 0 Å². The van der Waals surface area contributed by atoms with Gasteiger partial charge in [-0.2, -0.15) is 0 Å². The Labute approximate surface area is 278 Å². The lowest BCUT2D eigenvalue weighted by Crippen LogP contribution is -2.30. The topological polar surface area (TPSA) is 78.9 Å². The zero-order valence-electron chi connectivity index (χ0n) is 30.3. The zero-order valence-corrected chi connectivity index (χ0v) is 30.3. The number of ether oxygens (including phenoxy) is 3. The molecule has 0 saturated carbocycles. The largest absolute Gasteiger partial charge is 0.462 e. The van der Waals surface area contributed by atoms with E-state index in [0.29, 0.717) is 19.3 Å². The van der Waals surface area contributed by atoms with Gasteiger partial charge in [-0.25, -0.2) is 0 Å². The molecule has 6 nitrogen and oxygen atoms in total. The summed E-state index contributed by atoms with van der Waals surface area (Å²) in [6.45, 7) is 8.84. The van der Waals surface area contributed by atoms with Gasteiger partial charge in [0, 0.05) is 19.3 Å². The summed E-state index contributed by atoms with van der Waals surface area (Å²) in [7, 11) is 0. The molecule has 0 rings (SSSR count). The van der Waals surface area contributed by atoms with Gasteiger partial charge in [-0.1, -0.05) is 169 Å². The van der Waals surface area contributed by atoms with Crippen molar-refractivity contribution in [3.63, 3.8) is 0 Å². The van der Waals surface area contributed by atoms with Crippen LogP contribution < -0.4 is 0 Å². The van der Waals surface area contributed by atoms with Crippen LogP contribution in [-0.2, 0) is 28.6 Å². The second-order valence-corrected chi connectivity index (χ2v) is 13.7. The Morgan fingerprint density at radius 2 is 0.733 bits per heavy atom. The van der Waals surface area contributed by atoms with Gasteiger partial charge in [-0.3, -0.25) is 14.4 Å². The summed E-state index contributed by atoms with van der Waals surface area (Å²) in [5.41, 5.74) is 0. The van der Waals surface area contributed by atoms with E-state index in [0.717, 1.165) is 63.7 Å². The summed E-state index contributed by atoms with van der Waals surface area (Å²) in [6.07, 6.45) is 29.7. The van der Waals surface area contributed by atoms with Gasteiger partial charge in [0.15, 0.2) is 6.10 Å². The molecule has 0 aliphatic rings. The highest BCUT2D eigenvalue weighted by atomic mass is 16.6. The Morgan fingerprint density at radius 3 is 1.09 bits per heavy atom. The van der Waals surface area contributed by atoms with Crippen molar-refractivity contribution in [2.24, 2.45) is 5.92 Å². The molecule has 0 aromatic carbocycles. The maximum Gasteiger partial charge on any atom is 0.306 e. The molecule has 0 fully saturated rings. The van der Waals surface area contributed by atoms with E-state index in [1.54, 1.807) is 0 Å². The summed E-state index contributed by atoms with van der Waals surface area (Å²) in [5.74, 6) is -0.112. The van der Waals surface area contributed by atoms with Crippen LogP contribution in [0.4, 0.5) is 0 Å². The SMILES string of the molecule is CCCCCCCCCCCCCC(=O)OC[C@H](COC(=O)CCCCCCCCC(C)C)OC(=O)CCCCCCCCC. The van der Waals surface area contributed by atoms with Gasteiger partial charge in [0.25, 0.3) is 0 Å². The van der Waals surface area contributed by atoms with Crippen molar-refractivity contribution < 1.29 is 28.6 Å². The van der Waals surface area contributed by atoms with E-state index in [2.05, 4.69) is 27.7 Å². The maximum absolute atomic E-state index is 12.5. The minimum absolute atomic E-state index is 0.0662. The van der Waals surface area contributed by atoms with E-state index in [-0.39, 0.29) is 31.1 Å². The van der Waals surface area contributed by atoms with E-state index in [4.69, 9.17) is 14.2 Å². The fourth-order valence-corrected chi connectivity index (χ4v) is 5.57. The molecular weight excluding hydrogens is 564 g/mol. The predicted octanol–water partition coefficient (Wildman–Crippen LogP) is 11.6. The third kappa shape index (κ3) is 33.6. The molecule has 0 aromatic heterocycles. The number of esters is 3. The standard InChI is InChI=1S/C39H74O6/c1-5-7-9-11-13-14-15-16-18-22-26-30-37(40)43-33-36(45-39(42)32-28-24-17-12-10-8-6-2)34-44-38(41)31-27-23-20-19-21-25-29-35(3)4/h35-36H,5-34H2,1-4H3/t36-/m1/s1. The molecule has 0 amide bonds. The first-order valence-corrected chi connectivity index (χ1v) is 19.4. The molecule has 1 atom stereocenters. The number of carbonyl (C=O) groups is 3. The molecule has 0 bridgehead atoms.